The Labute approximate surface area is 129 Å². The summed E-state index contributed by atoms with van der Waals surface area (Å²) in [6.07, 6.45) is 2.20. The third kappa shape index (κ3) is 5.19. The van der Waals surface area contributed by atoms with E-state index >= 15 is 0 Å². The Kier molecular flexibility index (Phi) is 6.29. The molecular formula is C15H20ClNO4. The number of benzene rings is 1. The van der Waals surface area contributed by atoms with E-state index in [0.717, 1.165) is 25.0 Å². The fourth-order valence-corrected chi connectivity index (χ4v) is 2.33. The van der Waals surface area contributed by atoms with Crippen LogP contribution in [0.25, 0.3) is 0 Å². The highest BCUT2D eigenvalue weighted by Crippen LogP contribution is 2.22. The van der Waals surface area contributed by atoms with Crippen LogP contribution in [0.2, 0.25) is 5.02 Å². The third-order valence-corrected chi connectivity index (χ3v) is 3.52. The van der Waals surface area contributed by atoms with Gasteiger partial charge in [0.1, 0.15) is 12.4 Å². The number of ether oxygens (including phenoxy) is 3. The molecule has 0 aromatic heterocycles. The standard InChI is InChI=1S/C15H20ClNO4/c1-19-14-7-12(16)5-4-11(14)8-17-15(18)10-20-9-13-3-2-6-21-13/h4-5,7,13H,2-3,6,8-10H2,1H3,(H,17,18)/t13-/m1/s1. The van der Waals surface area contributed by atoms with E-state index in [2.05, 4.69) is 5.32 Å². The quantitative estimate of drug-likeness (QED) is 0.838. The van der Waals surface area contributed by atoms with E-state index in [1.807, 2.05) is 6.07 Å². The summed E-state index contributed by atoms with van der Waals surface area (Å²) in [4.78, 5) is 11.7. The molecule has 0 aliphatic carbocycles. The van der Waals surface area contributed by atoms with E-state index < -0.39 is 0 Å². The van der Waals surface area contributed by atoms with E-state index in [1.165, 1.54) is 0 Å². The number of halogens is 1. The Balaban J connectivity index is 1.70. The van der Waals surface area contributed by atoms with Crippen molar-refractivity contribution in [1.29, 1.82) is 0 Å². The minimum absolute atomic E-state index is 0.0375. The lowest BCUT2D eigenvalue weighted by atomic mass is 10.2. The summed E-state index contributed by atoms with van der Waals surface area (Å²) in [5.41, 5.74) is 0.870. The van der Waals surface area contributed by atoms with Gasteiger partial charge in [0.25, 0.3) is 0 Å². The number of nitrogens with one attached hydrogen (secondary N) is 1. The molecule has 1 aromatic carbocycles. The molecule has 1 fully saturated rings. The van der Waals surface area contributed by atoms with Gasteiger partial charge in [-0.1, -0.05) is 17.7 Å². The molecule has 0 bridgehead atoms. The molecule has 21 heavy (non-hydrogen) atoms. The molecule has 2 rings (SSSR count). The van der Waals surface area contributed by atoms with E-state index in [4.69, 9.17) is 25.8 Å². The molecule has 5 nitrogen and oxygen atoms in total. The first-order valence-electron chi connectivity index (χ1n) is 6.97. The average Bonchev–Trinajstić information content (AvgIpc) is 2.99. The molecule has 1 aliphatic rings. The van der Waals surface area contributed by atoms with Gasteiger partial charge in [0.15, 0.2) is 0 Å². The highest BCUT2D eigenvalue weighted by molar-refractivity contribution is 6.30. The summed E-state index contributed by atoms with van der Waals surface area (Å²) >= 11 is 5.89. The molecule has 0 saturated carbocycles. The SMILES string of the molecule is COc1cc(Cl)ccc1CNC(=O)COC[C@H]1CCCO1. The lowest BCUT2D eigenvalue weighted by Gasteiger charge is -2.12. The smallest absolute Gasteiger partial charge is 0.246 e. The molecule has 0 spiro atoms. The molecule has 6 heteroatoms. The first-order valence-corrected chi connectivity index (χ1v) is 7.35. The average molecular weight is 314 g/mol. The second-order valence-corrected chi connectivity index (χ2v) is 5.32. The highest BCUT2D eigenvalue weighted by atomic mass is 35.5. The Morgan fingerprint density at radius 3 is 3.10 bits per heavy atom. The van der Waals surface area contributed by atoms with Crippen molar-refractivity contribution in [2.75, 3.05) is 26.9 Å². The number of hydrogen-bond donors (Lipinski definition) is 1. The molecule has 1 aromatic rings. The summed E-state index contributed by atoms with van der Waals surface area (Å²) in [7, 11) is 1.57. The van der Waals surface area contributed by atoms with Crippen LogP contribution in [0, 0.1) is 0 Å². The summed E-state index contributed by atoms with van der Waals surface area (Å²) in [5, 5.41) is 3.39. The number of amides is 1. The van der Waals surface area contributed by atoms with Crippen molar-refractivity contribution in [3.05, 3.63) is 28.8 Å². The van der Waals surface area contributed by atoms with Gasteiger partial charge < -0.3 is 19.5 Å². The number of rotatable bonds is 7. The maximum absolute atomic E-state index is 11.7. The molecule has 0 radical (unpaired) electrons. The summed E-state index contributed by atoms with van der Waals surface area (Å²) in [6.45, 7) is 1.67. The van der Waals surface area contributed by atoms with Crippen molar-refractivity contribution in [2.24, 2.45) is 0 Å². The molecule has 0 unspecified atom stereocenters. The van der Waals surface area contributed by atoms with Crippen LogP contribution in [0.5, 0.6) is 5.75 Å². The maximum atomic E-state index is 11.7. The zero-order valence-electron chi connectivity index (χ0n) is 12.1. The van der Waals surface area contributed by atoms with Gasteiger partial charge in [0.2, 0.25) is 5.91 Å². The molecule has 116 valence electrons. The molecule has 1 N–H and O–H groups in total. The highest BCUT2D eigenvalue weighted by Gasteiger charge is 2.16. The van der Waals surface area contributed by atoms with Gasteiger partial charge >= 0.3 is 0 Å². The lowest BCUT2D eigenvalue weighted by molar-refractivity contribution is -0.127. The Morgan fingerprint density at radius 2 is 2.38 bits per heavy atom. The van der Waals surface area contributed by atoms with Crippen molar-refractivity contribution in [1.82, 2.24) is 5.32 Å². The van der Waals surface area contributed by atoms with Gasteiger partial charge in [-0.3, -0.25) is 4.79 Å². The van der Waals surface area contributed by atoms with E-state index in [1.54, 1.807) is 19.2 Å². The fourth-order valence-electron chi connectivity index (χ4n) is 2.17. The largest absolute Gasteiger partial charge is 0.496 e. The van der Waals surface area contributed by atoms with Crippen LogP contribution >= 0.6 is 11.6 Å². The number of carbonyl (C=O) groups excluding carboxylic acids is 1. The van der Waals surface area contributed by atoms with Gasteiger partial charge in [-0.25, -0.2) is 0 Å². The van der Waals surface area contributed by atoms with Gasteiger partial charge in [-0.2, -0.15) is 0 Å². The van der Waals surface area contributed by atoms with Crippen LogP contribution in [0.15, 0.2) is 18.2 Å². The zero-order chi connectivity index (χ0) is 15.1. The van der Waals surface area contributed by atoms with E-state index in [0.29, 0.717) is 23.9 Å². The normalized spacial score (nSPS) is 17.7. The molecule has 1 saturated heterocycles. The van der Waals surface area contributed by atoms with Crippen molar-refractivity contribution >= 4 is 17.5 Å². The van der Waals surface area contributed by atoms with Crippen LogP contribution in [0.4, 0.5) is 0 Å². The van der Waals surface area contributed by atoms with Crippen molar-refractivity contribution in [3.8, 4) is 5.75 Å². The Bertz CT molecular complexity index is 475. The first kappa shape index (κ1) is 16.1. The van der Waals surface area contributed by atoms with E-state index in [-0.39, 0.29) is 18.6 Å². The lowest BCUT2D eigenvalue weighted by Crippen LogP contribution is -2.28. The zero-order valence-corrected chi connectivity index (χ0v) is 12.8. The van der Waals surface area contributed by atoms with Crippen molar-refractivity contribution in [2.45, 2.75) is 25.5 Å². The predicted octanol–water partition coefficient (Wildman–Crippen LogP) is 2.16. The van der Waals surface area contributed by atoms with Crippen LogP contribution in [-0.4, -0.2) is 38.9 Å². The molecule has 1 aliphatic heterocycles. The third-order valence-electron chi connectivity index (χ3n) is 3.29. The minimum atomic E-state index is -0.162. The van der Waals surface area contributed by atoms with Crippen LogP contribution in [0.1, 0.15) is 18.4 Å². The van der Waals surface area contributed by atoms with Crippen molar-refractivity contribution < 1.29 is 19.0 Å². The molecule has 1 amide bonds. The topological polar surface area (TPSA) is 56.8 Å². The molecular weight excluding hydrogens is 294 g/mol. The second-order valence-electron chi connectivity index (χ2n) is 4.88. The van der Waals surface area contributed by atoms with Crippen LogP contribution in [-0.2, 0) is 20.8 Å². The van der Waals surface area contributed by atoms with Crippen LogP contribution < -0.4 is 10.1 Å². The maximum Gasteiger partial charge on any atom is 0.246 e. The van der Waals surface area contributed by atoms with Gasteiger partial charge in [0, 0.05) is 23.7 Å². The number of hydrogen-bond acceptors (Lipinski definition) is 4. The summed E-state index contributed by atoms with van der Waals surface area (Å²) in [6, 6.07) is 5.31. The van der Waals surface area contributed by atoms with Gasteiger partial charge in [-0.15, -0.1) is 0 Å². The summed E-state index contributed by atoms with van der Waals surface area (Å²) in [5.74, 6) is 0.494. The van der Waals surface area contributed by atoms with Gasteiger partial charge in [0.05, 0.1) is 19.8 Å². The predicted molar refractivity (Wildman–Crippen MR) is 79.6 cm³/mol. The monoisotopic (exact) mass is 313 g/mol. The number of methoxy groups -OCH3 is 1. The summed E-state index contributed by atoms with van der Waals surface area (Å²) < 4.78 is 16.0. The minimum Gasteiger partial charge on any atom is -0.496 e. The van der Waals surface area contributed by atoms with Crippen molar-refractivity contribution in [3.63, 3.8) is 0 Å². The fraction of sp³-hybridized carbons (Fsp3) is 0.533. The van der Waals surface area contributed by atoms with E-state index in [9.17, 15) is 4.79 Å². The first-order chi connectivity index (χ1) is 10.2. The second kappa shape index (κ2) is 8.22. The molecule has 1 heterocycles. The van der Waals surface area contributed by atoms with Crippen LogP contribution in [0.3, 0.4) is 0 Å². The number of carbonyl (C=O) groups is 1. The Hall–Kier alpha value is -1.30. The molecule has 1 atom stereocenters. The van der Waals surface area contributed by atoms with Gasteiger partial charge in [-0.05, 0) is 25.0 Å². The Morgan fingerprint density at radius 1 is 1.52 bits per heavy atom.